The number of imidazole rings is 1. The molecule has 0 bridgehead atoms. The normalized spacial score (nSPS) is 18.9. The quantitative estimate of drug-likeness (QED) is 0.922. The first-order valence-corrected chi connectivity index (χ1v) is 7.06. The Morgan fingerprint density at radius 1 is 1.40 bits per heavy atom. The van der Waals surface area contributed by atoms with Crippen molar-refractivity contribution in [2.24, 2.45) is 0 Å². The molecule has 0 spiro atoms. The fourth-order valence-electron chi connectivity index (χ4n) is 2.73. The van der Waals surface area contributed by atoms with Gasteiger partial charge in [0, 0.05) is 36.6 Å². The molecule has 1 aliphatic rings. The van der Waals surface area contributed by atoms with E-state index < -0.39 is 0 Å². The van der Waals surface area contributed by atoms with Crippen LogP contribution in [-0.4, -0.2) is 34.7 Å². The zero-order valence-corrected chi connectivity index (χ0v) is 11.7. The second kappa shape index (κ2) is 6.05. The Bertz CT molecular complexity index is 543. The van der Waals surface area contributed by atoms with Gasteiger partial charge in [0.2, 0.25) is 5.88 Å². The van der Waals surface area contributed by atoms with Gasteiger partial charge in [-0.15, -0.1) is 0 Å². The number of aromatic nitrogens is 3. The largest absolute Gasteiger partial charge is 0.481 e. The summed E-state index contributed by atoms with van der Waals surface area (Å²) in [5.74, 6) is 1.22. The highest BCUT2D eigenvalue weighted by molar-refractivity contribution is 5.19. The number of piperidine rings is 1. The van der Waals surface area contributed by atoms with E-state index >= 15 is 0 Å². The Hall–Kier alpha value is -1.88. The molecule has 1 aliphatic heterocycles. The minimum Gasteiger partial charge on any atom is -0.481 e. The molecule has 5 nitrogen and oxygen atoms in total. The molecule has 1 saturated heterocycles. The molecular weight excluding hydrogens is 252 g/mol. The van der Waals surface area contributed by atoms with E-state index in [9.17, 15) is 0 Å². The van der Waals surface area contributed by atoms with Crippen LogP contribution in [0.1, 0.15) is 30.0 Å². The highest BCUT2D eigenvalue weighted by Gasteiger charge is 2.18. The Labute approximate surface area is 119 Å². The van der Waals surface area contributed by atoms with E-state index in [1.54, 1.807) is 7.11 Å². The van der Waals surface area contributed by atoms with Gasteiger partial charge in [0.25, 0.3) is 0 Å². The predicted molar refractivity (Wildman–Crippen MR) is 77.0 cm³/mol. The molecule has 1 atom stereocenters. The Balaban J connectivity index is 1.75. The van der Waals surface area contributed by atoms with E-state index in [0.717, 1.165) is 25.2 Å². The molecule has 1 fully saturated rings. The lowest BCUT2D eigenvalue weighted by molar-refractivity contribution is 0.397. The van der Waals surface area contributed by atoms with Crippen molar-refractivity contribution in [2.45, 2.75) is 25.3 Å². The van der Waals surface area contributed by atoms with Crippen molar-refractivity contribution in [3.8, 4) is 5.88 Å². The average molecular weight is 272 g/mol. The monoisotopic (exact) mass is 272 g/mol. The van der Waals surface area contributed by atoms with E-state index in [0.29, 0.717) is 11.8 Å². The third-order valence-corrected chi connectivity index (χ3v) is 3.82. The summed E-state index contributed by atoms with van der Waals surface area (Å²) in [5.41, 5.74) is 2.47. The second-order valence-corrected chi connectivity index (χ2v) is 5.20. The summed E-state index contributed by atoms with van der Waals surface area (Å²) in [4.78, 5) is 8.57. The summed E-state index contributed by atoms with van der Waals surface area (Å²) >= 11 is 0. The van der Waals surface area contributed by atoms with E-state index in [2.05, 4.69) is 25.9 Å². The van der Waals surface area contributed by atoms with Crippen LogP contribution in [0, 0.1) is 0 Å². The van der Waals surface area contributed by atoms with Crippen LogP contribution >= 0.6 is 0 Å². The molecule has 0 amide bonds. The van der Waals surface area contributed by atoms with Gasteiger partial charge in [-0.3, -0.25) is 0 Å². The van der Waals surface area contributed by atoms with Crippen molar-refractivity contribution in [2.75, 3.05) is 20.2 Å². The molecule has 5 heteroatoms. The van der Waals surface area contributed by atoms with E-state index in [-0.39, 0.29) is 0 Å². The smallest absolute Gasteiger partial charge is 0.212 e. The van der Waals surface area contributed by atoms with E-state index in [1.807, 2.05) is 24.8 Å². The second-order valence-electron chi connectivity index (χ2n) is 5.20. The molecule has 0 saturated carbocycles. The van der Waals surface area contributed by atoms with Crippen molar-refractivity contribution < 1.29 is 4.74 Å². The van der Waals surface area contributed by atoms with Crippen LogP contribution in [0.3, 0.4) is 0 Å². The summed E-state index contributed by atoms with van der Waals surface area (Å²) < 4.78 is 7.31. The number of rotatable bonds is 4. The highest BCUT2D eigenvalue weighted by atomic mass is 16.5. The minimum absolute atomic E-state index is 0.567. The van der Waals surface area contributed by atoms with Crippen LogP contribution in [-0.2, 0) is 6.54 Å². The molecular formula is C15H20N4O. The summed E-state index contributed by atoms with van der Waals surface area (Å²) in [7, 11) is 1.63. The van der Waals surface area contributed by atoms with Gasteiger partial charge in [-0.25, -0.2) is 9.97 Å². The molecule has 106 valence electrons. The maximum absolute atomic E-state index is 5.08. The number of hydrogen-bond donors (Lipinski definition) is 1. The lowest BCUT2D eigenvalue weighted by atomic mass is 9.96. The van der Waals surface area contributed by atoms with Crippen molar-refractivity contribution in [3.05, 3.63) is 42.1 Å². The van der Waals surface area contributed by atoms with Crippen molar-refractivity contribution >= 4 is 0 Å². The Kier molecular flexibility index (Phi) is 3.97. The van der Waals surface area contributed by atoms with E-state index in [1.165, 1.54) is 18.5 Å². The lowest BCUT2D eigenvalue weighted by Crippen LogP contribution is -2.29. The predicted octanol–water partition coefficient (Wildman–Crippen LogP) is 1.80. The van der Waals surface area contributed by atoms with Gasteiger partial charge in [-0.1, -0.05) is 6.07 Å². The maximum Gasteiger partial charge on any atom is 0.212 e. The standard InChI is InChI=1S/C15H20N4O/c1-20-15-5-4-12(7-18-15)10-19-11-17-9-14(19)13-3-2-6-16-8-13/h4-5,7,9,11,13,16H,2-3,6,8,10H2,1H3. The topological polar surface area (TPSA) is 52.0 Å². The number of ether oxygens (including phenoxy) is 1. The summed E-state index contributed by atoms with van der Waals surface area (Å²) in [6.45, 7) is 2.99. The van der Waals surface area contributed by atoms with Gasteiger partial charge < -0.3 is 14.6 Å². The maximum atomic E-state index is 5.08. The molecule has 2 aromatic heterocycles. The highest BCUT2D eigenvalue weighted by Crippen LogP contribution is 2.23. The lowest BCUT2D eigenvalue weighted by Gasteiger charge is -2.23. The van der Waals surface area contributed by atoms with E-state index in [4.69, 9.17) is 4.74 Å². The van der Waals surface area contributed by atoms with Crippen LogP contribution in [0.15, 0.2) is 30.9 Å². The van der Waals surface area contributed by atoms with Crippen molar-refractivity contribution in [3.63, 3.8) is 0 Å². The zero-order chi connectivity index (χ0) is 13.8. The van der Waals surface area contributed by atoms with Crippen LogP contribution in [0.4, 0.5) is 0 Å². The number of hydrogen-bond acceptors (Lipinski definition) is 4. The Morgan fingerprint density at radius 3 is 3.05 bits per heavy atom. The average Bonchev–Trinajstić information content (AvgIpc) is 2.97. The third-order valence-electron chi connectivity index (χ3n) is 3.82. The first-order chi connectivity index (χ1) is 9.86. The van der Waals surface area contributed by atoms with Gasteiger partial charge in [0.1, 0.15) is 0 Å². The molecule has 3 rings (SSSR count). The molecule has 1 unspecified atom stereocenters. The molecule has 0 aliphatic carbocycles. The molecule has 0 aromatic carbocycles. The minimum atomic E-state index is 0.567. The SMILES string of the molecule is COc1ccc(Cn2cncc2C2CCCNC2)cn1. The van der Waals surface area contributed by atoms with Gasteiger partial charge in [-0.05, 0) is 24.9 Å². The summed E-state index contributed by atoms with van der Waals surface area (Å²) in [5, 5.41) is 3.46. The van der Waals surface area contributed by atoms with Crippen LogP contribution in [0.5, 0.6) is 5.88 Å². The fourth-order valence-corrected chi connectivity index (χ4v) is 2.73. The van der Waals surface area contributed by atoms with Gasteiger partial charge in [-0.2, -0.15) is 0 Å². The fraction of sp³-hybridized carbons (Fsp3) is 0.467. The third kappa shape index (κ3) is 2.82. The zero-order valence-electron chi connectivity index (χ0n) is 11.7. The molecule has 0 radical (unpaired) electrons. The van der Waals surface area contributed by atoms with Gasteiger partial charge >= 0.3 is 0 Å². The van der Waals surface area contributed by atoms with Crippen LogP contribution in [0.25, 0.3) is 0 Å². The summed E-state index contributed by atoms with van der Waals surface area (Å²) in [6, 6.07) is 3.95. The molecule has 20 heavy (non-hydrogen) atoms. The Morgan fingerprint density at radius 2 is 2.35 bits per heavy atom. The van der Waals surface area contributed by atoms with Crippen molar-refractivity contribution in [1.82, 2.24) is 19.9 Å². The number of pyridine rings is 1. The molecule has 3 heterocycles. The number of nitrogens with zero attached hydrogens (tertiary/aromatic N) is 3. The first kappa shape index (κ1) is 13.1. The van der Waals surface area contributed by atoms with Gasteiger partial charge in [0.05, 0.1) is 20.0 Å². The van der Waals surface area contributed by atoms with Crippen molar-refractivity contribution in [1.29, 1.82) is 0 Å². The molecule has 2 aromatic rings. The molecule has 1 N–H and O–H groups in total. The summed E-state index contributed by atoms with van der Waals surface area (Å²) in [6.07, 6.45) is 8.24. The number of methoxy groups -OCH3 is 1. The number of nitrogens with one attached hydrogen (secondary N) is 1. The van der Waals surface area contributed by atoms with Crippen LogP contribution < -0.4 is 10.1 Å². The van der Waals surface area contributed by atoms with Crippen LogP contribution in [0.2, 0.25) is 0 Å². The van der Waals surface area contributed by atoms with Gasteiger partial charge in [0.15, 0.2) is 0 Å². The first-order valence-electron chi connectivity index (χ1n) is 7.06.